The quantitative estimate of drug-likeness (QED) is 0.834. The van der Waals surface area contributed by atoms with Crippen LogP contribution in [0.25, 0.3) is 0 Å². The second-order valence-electron chi connectivity index (χ2n) is 4.95. The molecule has 19 heavy (non-hydrogen) atoms. The van der Waals surface area contributed by atoms with Gasteiger partial charge in [0.25, 0.3) is 5.91 Å². The van der Waals surface area contributed by atoms with Gasteiger partial charge in [-0.25, -0.2) is 0 Å². The summed E-state index contributed by atoms with van der Waals surface area (Å²) < 4.78 is 0. The lowest BCUT2D eigenvalue weighted by molar-refractivity contribution is 0.0766. The average molecular weight is 253 g/mol. The molecular weight excluding hydrogens is 238 g/mol. The Balaban J connectivity index is 1.84. The van der Waals surface area contributed by atoms with E-state index in [1.54, 1.807) is 12.3 Å². The fourth-order valence-corrected chi connectivity index (χ4v) is 2.43. The Morgan fingerprint density at radius 1 is 1.32 bits per heavy atom. The predicted octanol–water partition coefficient (Wildman–Crippen LogP) is 2.13. The Labute approximate surface area is 111 Å². The molecule has 1 amide bonds. The van der Waals surface area contributed by atoms with Crippen LogP contribution in [0.4, 0.5) is 5.69 Å². The molecule has 3 rings (SSSR count). The summed E-state index contributed by atoms with van der Waals surface area (Å²) in [6, 6.07) is 7.57. The van der Waals surface area contributed by atoms with Crippen LogP contribution in [0.3, 0.4) is 0 Å². The number of anilines is 1. The van der Waals surface area contributed by atoms with Gasteiger partial charge in [0.2, 0.25) is 0 Å². The molecule has 4 heteroatoms. The monoisotopic (exact) mass is 253 g/mol. The first-order valence-electron chi connectivity index (χ1n) is 6.22. The number of nitrogen functional groups attached to an aromatic ring is 1. The fourth-order valence-electron chi connectivity index (χ4n) is 2.43. The van der Waals surface area contributed by atoms with E-state index in [2.05, 4.69) is 11.1 Å². The molecule has 2 N–H and O–H groups in total. The summed E-state index contributed by atoms with van der Waals surface area (Å²) in [5.74, 6) is 0.0452. The number of carbonyl (C=O) groups is 1. The Kier molecular flexibility index (Phi) is 2.71. The minimum absolute atomic E-state index is 0.0452. The maximum Gasteiger partial charge on any atom is 0.254 e. The van der Waals surface area contributed by atoms with Gasteiger partial charge in [0, 0.05) is 36.7 Å². The minimum Gasteiger partial charge on any atom is -0.399 e. The number of pyridine rings is 1. The van der Waals surface area contributed by atoms with E-state index in [-0.39, 0.29) is 5.91 Å². The minimum atomic E-state index is 0.0452. The van der Waals surface area contributed by atoms with E-state index in [9.17, 15) is 4.79 Å². The van der Waals surface area contributed by atoms with Crippen molar-refractivity contribution in [3.63, 3.8) is 0 Å². The van der Waals surface area contributed by atoms with Crippen LogP contribution in [0.2, 0.25) is 0 Å². The first-order chi connectivity index (χ1) is 9.13. The highest BCUT2D eigenvalue weighted by molar-refractivity contribution is 5.99. The lowest BCUT2D eigenvalue weighted by Gasteiger charge is -2.15. The smallest absolute Gasteiger partial charge is 0.254 e. The Morgan fingerprint density at radius 3 is 2.95 bits per heavy atom. The molecule has 2 heterocycles. The number of aryl methyl sites for hydroxylation is 1. The van der Waals surface area contributed by atoms with E-state index < -0.39 is 0 Å². The van der Waals surface area contributed by atoms with Crippen molar-refractivity contribution in [2.24, 2.45) is 0 Å². The van der Waals surface area contributed by atoms with E-state index in [1.807, 2.05) is 30.2 Å². The molecule has 4 nitrogen and oxygen atoms in total. The molecule has 1 aromatic heterocycles. The van der Waals surface area contributed by atoms with Gasteiger partial charge in [0.05, 0.1) is 0 Å². The summed E-state index contributed by atoms with van der Waals surface area (Å²) in [6.07, 6.45) is 3.61. The van der Waals surface area contributed by atoms with Gasteiger partial charge in [0.15, 0.2) is 0 Å². The molecule has 0 saturated heterocycles. The molecule has 1 aliphatic heterocycles. The number of aromatic nitrogens is 1. The van der Waals surface area contributed by atoms with Crippen molar-refractivity contribution in [3.8, 4) is 0 Å². The summed E-state index contributed by atoms with van der Waals surface area (Å²) >= 11 is 0. The van der Waals surface area contributed by atoms with E-state index in [0.717, 1.165) is 22.3 Å². The molecule has 0 unspecified atom stereocenters. The summed E-state index contributed by atoms with van der Waals surface area (Å²) in [7, 11) is 0. The maximum absolute atomic E-state index is 12.3. The van der Waals surface area contributed by atoms with Crippen molar-refractivity contribution in [3.05, 3.63) is 58.9 Å². The van der Waals surface area contributed by atoms with Gasteiger partial charge in [0.1, 0.15) is 0 Å². The highest BCUT2D eigenvalue weighted by atomic mass is 16.2. The molecule has 96 valence electrons. The van der Waals surface area contributed by atoms with Crippen LogP contribution < -0.4 is 5.73 Å². The van der Waals surface area contributed by atoms with Crippen LogP contribution in [0.5, 0.6) is 0 Å². The number of hydrogen-bond donors (Lipinski definition) is 1. The number of carbonyl (C=O) groups excluding carboxylic acids is 1. The normalized spacial score (nSPS) is 13.7. The molecule has 0 saturated carbocycles. The number of fused-ring (bicyclic) bond motifs is 1. The van der Waals surface area contributed by atoms with Crippen LogP contribution >= 0.6 is 0 Å². The van der Waals surface area contributed by atoms with Crippen LogP contribution in [0, 0.1) is 6.92 Å². The number of nitrogens with two attached hydrogens (primary N) is 1. The molecule has 0 aliphatic carbocycles. The third kappa shape index (κ3) is 2.17. The first kappa shape index (κ1) is 11.7. The second-order valence-corrected chi connectivity index (χ2v) is 4.95. The number of benzene rings is 1. The van der Waals surface area contributed by atoms with Gasteiger partial charge in [-0.3, -0.25) is 9.78 Å². The van der Waals surface area contributed by atoms with E-state index in [4.69, 9.17) is 5.73 Å². The summed E-state index contributed by atoms with van der Waals surface area (Å²) in [5.41, 5.74) is 10.3. The van der Waals surface area contributed by atoms with E-state index in [0.29, 0.717) is 18.8 Å². The third-order valence-electron chi connectivity index (χ3n) is 3.32. The number of rotatable bonds is 2. The zero-order chi connectivity index (χ0) is 13.4. The topological polar surface area (TPSA) is 59.2 Å². The largest absolute Gasteiger partial charge is 0.399 e. The lowest BCUT2D eigenvalue weighted by atomic mass is 10.1. The molecule has 2 aromatic rings. The van der Waals surface area contributed by atoms with Crippen molar-refractivity contribution in [2.45, 2.75) is 20.0 Å². The molecule has 1 aliphatic rings. The van der Waals surface area contributed by atoms with Crippen molar-refractivity contribution < 1.29 is 4.79 Å². The van der Waals surface area contributed by atoms with Gasteiger partial charge < -0.3 is 10.6 Å². The molecular formula is C15H15N3O. The Bertz CT molecular complexity index is 652. The van der Waals surface area contributed by atoms with E-state index >= 15 is 0 Å². The highest BCUT2D eigenvalue weighted by Gasteiger charge is 2.27. The fraction of sp³-hybridized carbons (Fsp3) is 0.200. The van der Waals surface area contributed by atoms with Crippen LogP contribution in [-0.4, -0.2) is 15.8 Å². The molecule has 0 atom stereocenters. The second kappa shape index (κ2) is 4.39. The van der Waals surface area contributed by atoms with E-state index in [1.165, 1.54) is 0 Å². The summed E-state index contributed by atoms with van der Waals surface area (Å²) in [6.45, 7) is 3.22. The molecule has 0 spiro atoms. The summed E-state index contributed by atoms with van der Waals surface area (Å²) in [4.78, 5) is 18.3. The van der Waals surface area contributed by atoms with Gasteiger partial charge in [-0.15, -0.1) is 0 Å². The maximum atomic E-state index is 12.3. The number of hydrogen-bond acceptors (Lipinski definition) is 3. The van der Waals surface area contributed by atoms with Crippen LogP contribution in [0.15, 0.2) is 36.7 Å². The molecule has 0 radical (unpaired) electrons. The number of nitrogens with zero attached hydrogens (tertiary/aromatic N) is 2. The van der Waals surface area contributed by atoms with Crippen LogP contribution in [0.1, 0.15) is 27.0 Å². The van der Waals surface area contributed by atoms with Gasteiger partial charge in [-0.1, -0.05) is 12.1 Å². The first-order valence-corrected chi connectivity index (χ1v) is 6.22. The molecule has 0 fully saturated rings. The Morgan fingerprint density at radius 2 is 2.16 bits per heavy atom. The third-order valence-corrected chi connectivity index (χ3v) is 3.32. The zero-order valence-corrected chi connectivity index (χ0v) is 10.8. The summed E-state index contributed by atoms with van der Waals surface area (Å²) in [5, 5.41) is 0. The zero-order valence-electron chi connectivity index (χ0n) is 10.8. The lowest BCUT2D eigenvalue weighted by Crippen LogP contribution is -2.23. The van der Waals surface area contributed by atoms with Gasteiger partial charge in [-0.05, 0) is 35.7 Å². The highest BCUT2D eigenvalue weighted by Crippen LogP contribution is 2.26. The van der Waals surface area contributed by atoms with Crippen molar-refractivity contribution >= 4 is 11.6 Å². The molecule has 1 aromatic carbocycles. The van der Waals surface area contributed by atoms with Gasteiger partial charge in [-0.2, -0.15) is 0 Å². The van der Waals surface area contributed by atoms with Crippen molar-refractivity contribution in [2.75, 3.05) is 5.73 Å². The molecule has 0 bridgehead atoms. The Hall–Kier alpha value is -2.36. The van der Waals surface area contributed by atoms with Gasteiger partial charge >= 0.3 is 0 Å². The van der Waals surface area contributed by atoms with Crippen molar-refractivity contribution in [1.82, 2.24) is 9.88 Å². The van der Waals surface area contributed by atoms with Crippen molar-refractivity contribution in [1.29, 1.82) is 0 Å². The SMILES string of the molecule is Cc1cncc(CN2Cc3ccc(N)cc3C2=O)c1. The average Bonchev–Trinajstić information content (AvgIpc) is 2.67. The predicted molar refractivity (Wildman–Crippen MR) is 73.4 cm³/mol. The number of amides is 1. The van der Waals surface area contributed by atoms with Crippen LogP contribution in [-0.2, 0) is 13.1 Å². The standard InChI is InChI=1S/C15H15N3O/c1-10-4-11(7-17-6-10)8-18-9-12-2-3-13(16)5-14(12)15(18)19/h2-7H,8-9,16H2,1H3.